The summed E-state index contributed by atoms with van der Waals surface area (Å²) in [5.41, 5.74) is 1.76. The molecular formula is C25H32N8O2. The van der Waals surface area contributed by atoms with Crippen molar-refractivity contribution >= 4 is 28.5 Å². The highest BCUT2D eigenvalue weighted by Crippen LogP contribution is 2.37. The predicted octanol–water partition coefficient (Wildman–Crippen LogP) is 3.75. The number of nitriles is 1. The Morgan fingerprint density at radius 2 is 2.00 bits per heavy atom. The van der Waals surface area contributed by atoms with Gasteiger partial charge in [-0.25, -0.2) is 4.98 Å². The average molecular weight is 477 g/mol. The van der Waals surface area contributed by atoms with Crippen LogP contribution in [0.3, 0.4) is 0 Å². The highest BCUT2D eigenvalue weighted by Gasteiger charge is 2.40. The van der Waals surface area contributed by atoms with Crippen LogP contribution in [-0.4, -0.2) is 70.1 Å². The normalized spacial score (nSPS) is 21.7. The second-order valence-electron chi connectivity index (χ2n) is 9.32. The molecule has 10 nitrogen and oxygen atoms in total. The molecule has 2 fully saturated rings. The first-order valence-electron chi connectivity index (χ1n) is 12.2. The summed E-state index contributed by atoms with van der Waals surface area (Å²) in [7, 11) is 1.66. The van der Waals surface area contributed by atoms with Crippen molar-refractivity contribution in [1.29, 1.82) is 5.26 Å². The van der Waals surface area contributed by atoms with Crippen molar-refractivity contribution < 1.29 is 9.47 Å². The number of methoxy groups -OCH3 is 1. The fourth-order valence-electron chi connectivity index (χ4n) is 5.32. The minimum atomic E-state index is 0.296. The van der Waals surface area contributed by atoms with E-state index in [1.807, 2.05) is 31.2 Å². The van der Waals surface area contributed by atoms with E-state index in [4.69, 9.17) is 24.7 Å². The number of ether oxygens (including phenoxy) is 2. The Bertz CT molecular complexity index is 1190. The first kappa shape index (κ1) is 23.3. The van der Waals surface area contributed by atoms with Crippen molar-refractivity contribution in [3.8, 4) is 11.8 Å². The van der Waals surface area contributed by atoms with Gasteiger partial charge in [0.25, 0.3) is 0 Å². The second kappa shape index (κ2) is 10.5. The summed E-state index contributed by atoms with van der Waals surface area (Å²) in [6.07, 6.45) is 5.05. The van der Waals surface area contributed by atoms with Crippen molar-refractivity contribution in [3.05, 3.63) is 30.0 Å². The number of aromatic amines is 1. The molecule has 2 aliphatic rings. The molecule has 4 heterocycles. The molecule has 0 spiro atoms. The van der Waals surface area contributed by atoms with Crippen LogP contribution in [0.2, 0.25) is 0 Å². The summed E-state index contributed by atoms with van der Waals surface area (Å²) in [6.45, 7) is 3.83. The lowest BCUT2D eigenvalue weighted by Gasteiger charge is -2.38. The van der Waals surface area contributed by atoms with Gasteiger partial charge in [-0.1, -0.05) is 0 Å². The minimum absolute atomic E-state index is 0.296. The number of fused-ring (bicyclic) bond motifs is 3. The second-order valence-corrected chi connectivity index (χ2v) is 9.32. The number of nitrogens with zero attached hydrogens (tertiary/aromatic N) is 5. The van der Waals surface area contributed by atoms with Crippen LogP contribution in [0.5, 0.6) is 5.75 Å². The number of aromatic nitrogens is 4. The van der Waals surface area contributed by atoms with Gasteiger partial charge in [-0.15, -0.1) is 0 Å². The van der Waals surface area contributed by atoms with Gasteiger partial charge in [-0.05, 0) is 44.7 Å². The van der Waals surface area contributed by atoms with Crippen molar-refractivity contribution in [2.75, 3.05) is 37.5 Å². The van der Waals surface area contributed by atoms with Crippen molar-refractivity contribution in [2.24, 2.45) is 0 Å². The fourth-order valence-corrected chi connectivity index (χ4v) is 5.32. The topological polar surface area (TPSA) is 124 Å². The number of H-pyrrole nitrogens is 1. The zero-order valence-corrected chi connectivity index (χ0v) is 20.3. The Balaban J connectivity index is 1.39. The highest BCUT2D eigenvalue weighted by atomic mass is 16.5. The zero-order valence-electron chi connectivity index (χ0n) is 20.3. The molecule has 2 aromatic heterocycles. The third kappa shape index (κ3) is 5.31. The van der Waals surface area contributed by atoms with Gasteiger partial charge >= 0.3 is 0 Å². The standard InChI is InChI=1S/C25H32N8O2/c1-16-12-23(32-31-16)29-24-21-7-6-20(35-11-10-34-2)15-22(21)28-25(30-24)27-17-13-18-4-5-19(14-17)33(18)9-3-8-26/h6-7,12,15,17-19H,3-5,9-11,13-14H2,1-2H3,(H3,27,28,29,30,31,32)/t18-,19-/m1/s1. The van der Waals surface area contributed by atoms with Gasteiger partial charge in [0.15, 0.2) is 5.82 Å². The van der Waals surface area contributed by atoms with E-state index in [1.165, 1.54) is 12.8 Å². The van der Waals surface area contributed by atoms with Gasteiger partial charge in [-0.3, -0.25) is 10.00 Å². The van der Waals surface area contributed by atoms with Crippen LogP contribution in [0.1, 0.15) is 37.8 Å². The number of rotatable bonds is 10. The molecule has 1 aromatic carbocycles. The Morgan fingerprint density at radius 1 is 1.17 bits per heavy atom. The van der Waals surface area contributed by atoms with Crippen molar-refractivity contribution in [3.63, 3.8) is 0 Å². The minimum Gasteiger partial charge on any atom is -0.491 e. The summed E-state index contributed by atoms with van der Waals surface area (Å²) in [6, 6.07) is 11.4. The number of hydrogen-bond donors (Lipinski definition) is 3. The quantitative estimate of drug-likeness (QED) is 0.375. The number of nitrogens with one attached hydrogen (secondary N) is 3. The van der Waals surface area contributed by atoms with Gasteiger partial charge in [0.2, 0.25) is 5.95 Å². The van der Waals surface area contributed by atoms with Crippen LogP contribution in [0, 0.1) is 18.3 Å². The smallest absolute Gasteiger partial charge is 0.225 e. The summed E-state index contributed by atoms with van der Waals surface area (Å²) in [4.78, 5) is 12.2. The Morgan fingerprint density at radius 3 is 2.71 bits per heavy atom. The molecule has 0 aliphatic carbocycles. The van der Waals surface area contributed by atoms with Crippen LogP contribution >= 0.6 is 0 Å². The molecule has 3 aromatic rings. The zero-order chi connectivity index (χ0) is 24.2. The molecule has 2 aliphatic heterocycles. The van der Waals surface area contributed by atoms with E-state index >= 15 is 0 Å². The van der Waals surface area contributed by atoms with E-state index < -0.39 is 0 Å². The van der Waals surface area contributed by atoms with Crippen molar-refractivity contribution in [2.45, 2.75) is 57.2 Å². The molecular weight excluding hydrogens is 444 g/mol. The lowest BCUT2D eigenvalue weighted by molar-refractivity contribution is 0.135. The summed E-state index contributed by atoms with van der Waals surface area (Å²) >= 11 is 0. The van der Waals surface area contributed by atoms with Crippen LogP contribution in [0.25, 0.3) is 10.9 Å². The Hall–Kier alpha value is -3.42. The third-order valence-electron chi connectivity index (χ3n) is 6.88. The molecule has 0 radical (unpaired) electrons. The van der Waals surface area contributed by atoms with Gasteiger partial charge in [0.1, 0.15) is 18.2 Å². The molecule has 2 bridgehead atoms. The monoisotopic (exact) mass is 476 g/mol. The first-order valence-corrected chi connectivity index (χ1v) is 12.2. The molecule has 2 saturated heterocycles. The molecule has 2 atom stereocenters. The van der Waals surface area contributed by atoms with Gasteiger partial charge in [-0.2, -0.15) is 15.3 Å². The molecule has 184 valence electrons. The molecule has 0 unspecified atom stereocenters. The lowest BCUT2D eigenvalue weighted by Crippen LogP contribution is -2.47. The Labute approximate surface area is 205 Å². The van der Waals surface area contributed by atoms with Crippen LogP contribution in [0.4, 0.5) is 17.6 Å². The number of aryl methyl sites for hydroxylation is 1. The SMILES string of the molecule is COCCOc1ccc2c(Nc3cc(C)[nH]n3)nc(NC3C[C@H]4CC[C@H](C3)N4CCC#N)nc2c1. The molecule has 5 rings (SSSR count). The third-order valence-corrected chi connectivity index (χ3v) is 6.88. The maximum atomic E-state index is 9.00. The van der Waals surface area contributed by atoms with Gasteiger partial charge in [0, 0.05) is 61.4 Å². The number of anilines is 3. The van der Waals surface area contributed by atoms with E-state index in [9.17, 15) is 0 Å². The summed E-state index contributed by atoms with van der Waals surface area (Å²) in [5, 5.41) is 24.1. The van der Waals surface area contributed by atoms with Crippen molar-refractivity contribution in [1.82, 2.24) is 25.1 Å². The maximum Gasteiger partial charge on any atom is 0.225 e. The van der Waals surface area contributed by atoms with Crippen LogP contribution in [0.15, 0.2) is 24.3 Å². The Kier molecular flexibility index (Phi) is 6.97. The predicted molar refractivity (Wildman–Crippen MR) is 134 cm³/mol. The summed E-state index contributed by atoms with van der Waals surface area (Å²) < 4.78 is 10.9. The maximum absolute atomic E-state index is 9.00. The first-order chi connectivity index (χ1) is 17.1. The van der Waals surface area contributed by atoms with Gasteiger partial charge in [0.05, 0.1) is 18.2 Å². The number of piperidine rings is 1. The molecule has 0 amide bonds. The molecule has 35 heavy (non-hydrogen) atoms. The van der Waals surface area contributed by atoms with E-state index in [-0.39, 0.29) is 0 Å². The lowest BCUT2D eigenvalue weighted by atomic mass is 9.97. The van der Waals surface area contributed by atoms with Crippen LogP contribution in [-0.2, 0) is 4.74 Å². The molecule has 3 N–H and O–H groups in total. The fraction of sp³-hybridized carbons (Fsp3) is 0.520. The van der Waals surface area contributed by atoms with E-state index in [2.05, 4.69) is 31.8 Å². The van der Waals surface area contributed by atoms with E-state index in [0.29, 0.717) is 55.3 Å². The highest BCUT2D eigenvalue weighted by molar-refractivity contribution is 5.92. The van der Waals surface area contributed by atoms with Gasteiger partial charge < -0.3 is 20.1 Å². The summed E-state index contributed by atoms with van der Waals surface area (Å²) in [5.74, 6) is 2.74. The molecule has 0 saturated carbocycles. The largest absolute Gasteiger partial charge is 0.491 e. The van der Waals surface area contributed by atoms with E-state index in [1.54, 1.807) is 7.11 Å². The van der Waals surface area contributed by atoms with Crippen LogP contribution < -0.4 is 15.4 Å². The molecule has 10 heteroatoms. The number of benzene rings is 1. The van der Waals surface area contributed by atoms with E-state index in [0.717, 1.165) is 41.7 Å². The average Bonchev–Trinajstić information content (AvgIpc) is 3.36. The number of hydrogen-bond acceptors (Lipinski definition) is 9.